The molecule has 0 amide bonds. The predicted octanol–water partition coefficient (Wildman–Crippen LogP) is 6.09. The van der Waals surface area contributed by atoms with Crippen LogP contribution in [0.3, 0.4) is 0 Å². The maximum absolute atomic E-state index is 6.02. The van der Waals surface area contributed by atoms with Crippen molar-refractivity contribution in [3.63, 3.8) is 0 Å². The summed E-state index contributed by atoms with van der Waals surface area (Å²) in [6.45, 7) is 15.3. The summed E-state index contributed by atoms with van der Waals surface area (Å²) in [5.74, 6) is 2.31. The van der Waals surface area contributed by atoms with Crippen LogP contribution >= 0.6 is 41.2 Å². The van der Waals surface area contributed by atoms with Crippen molar-refractivity contribution in [2.24, 2.45) is 0 Å². The van der Waals surface area contributed by atoms with Gasteiger partial charge in [0.15, 0.2) is 0 Å². The molecular weight excluding hydrogens is 409 g/mol. The Bertz CT molecular complexity index is 244. The summed E-state index contributed by atoms with van der Waals surface area (Å²) in [5, 5.41) is 0. The second-order valence-corrected chi connectivity index (χ2v) is 19.7. The van der Waals surface area contributed by atoms with Gasteiger partial charge in [0.2, 0.25) is 0 Å². The molecule has 0 radical (unpaired) electrons. The fraction of sp³-hybridized carbons (Fsp3) is 1.00. The Labute approximate surface area is 169 Å². The summed E-state index contributed by atoms with van der Waals surface area (Å²) in [6, 6.07) is 5.41. The van der Waals surface area contributed by atoms with Crippen LogP contribution < -0.4 is 0 Å². The molecule has 2 atom stereocenters. The van der Waals surface area contributed by atoms with Gasteiger partial charge in [-0.3, -0.25) is 0 Å². The van der Waals surface area contributed by atoms with Gasteiger partial charge < -0.3 is 9.47 Å². The number of hydrogen-bond acceptors (Lipinski definition) is 6. The van der Waals surface area contributed by atoms with Crippen molar-refractivity contribution in [2.45, 2.75) is 77.2 Å². The van der Waals surface area contributed by atoms with Crippen molar-refractivity contribution in [1.82, 2.24) is 0 Å². The summed E-state index contributed by atoms with van der Waals surface area (Å²) < 4.78 is 12.0. The van der Waals surface area contributed by atoms with Crippen LogP contribution in [0.25, 0.3) is 0 Å². The molecule has 0 heterocycles. The van der Waals surface area contributed by atoms with Crippen LogP contribution in [0.15, 0.2) is 0 Å². The molecule has 0 aromatic heterocycles. The molecule has 146 valence electrons. The van der Waals surface area contributed by atoms with E-state index in [1.807, 2.05) is 41.2 Å². The fourth-order valence-electron chi connectivity index (χ4n) is 2.93. The van der Waals surface area contributed by atoms with E-state index in [1.54, 1.807) is 0 Å². The minimum atomic E-state index is -0.718. The lowest BCUT2D eigenvalue weighted by atomic mass is 10.8. The molecule has 0 N–H and O–H groups in total. The third-order valence-electron chi connectivity index (χ3n) is 4.50. The predicted molar refractivity (Wildman–Crippen MR) is 127 cm³/mol. The van der Waals surface area contributed by atoms with Crippen molar-refractivity contribution in [3.8, 4) is 0 Å². The van der Waals surface area contributed by atoms with Gasteiger partial charge in [0.1, 0.15) is 0 Å². The lowest BCUT2D eigenvalue weighted by Crippen LogP contribution is -2.34. The van der Waals surface area contributed by atoms with E-state index >= 15 is 0 Å². The summed E-state index contributed by atoms with van der Waals surface area (Å²) in [5.41, 5.74) is 1.09. The second-order valence-electron chi connectivity index (χ2n) is 5.85. The van der Waals surface area contributed by atoms with E-state index in [4.69, 9.17) is 9.47 Å². The van der Waals surface area contributed by atoms with Crippen LogP contribution in [0.4, 0.5) is 0 Å². The van der Waals surface area contributed by atoms with E-state index in [1.165, 1.54) is 24.2 Å². The van der Waals surface area contributed by atoms with Gasteiger partial charge in [0.05, 0.1) is 29.0 Å². The molecule has 2 nitrogen and oxygen atoms in total. The lowest BCUT2D eigenvalue weighted by Gasteiger charge is -2.24. The quantitative estimate of drug-likeness (QED) is 0.152. The fourth-order valence-corrected chi connectivity index (χ4v) is 16.6. The highest BCUT2D eigenvalue weighted by Crippen LogP contribution is 2.44. The Hall–Kier alpha value is 1.75. The number of ether oxygens (including phenoxy) is 2. The third kappa shape index (κ3) is 11.5. The molecule has 8 heteroatoms. The maximum atomic E-state index is 6.02. The van der Waals surface area contributed by atoms with Gasteiger partial charge in [-0.2, -0.15) is 0 Å². The Kier molecular flexibility index (Phi) is 19.5. The molecule has 0 aliphatic rings. The Balaban J connectivity index is 4.00. The summed E-state index contributed by atoms with van der Waals surface area (Å²) in [7, 11) is 6.39. The van der Waals surface area contributed by atoms with E-state index in [-0.39, 0.29) is 0 Å². The normalized spacial score (nSPS) is 14.5. The minimum Gasteiger partial charge on any atom is -0.381 e. The monoisotopic (exact) mass is 446 g/mol. The molecule has 0 aromatic carbocycles. The van der Waals surface area contributed by atoms with Gasteiger partial charge >= 0.3 is 0 Å². The molecule has 0 aliphatic carbocycles. The molecule has 24 heavy (non-hydrogen) atoms. The van der Waals surface area contributed by atoms with Gasteiger partial charge in [-0.05, 0) is 33.5 Å². The highest BCUT2D eigenvalue weighted by molar-refractivity contribution is 9.26. The number of rotatable bonds is 17. The van der Waals surface area contributed by atoms with E-state index < -0.39 is 17.6 Å². The first-order chi connectivity index (χ1) is 11.7. The van der Waals surface area contributed by atoms with E-state index in [0.29, 0.717) is 11.5 Å². The van der Waals surface area contributed by atoms with Crippen LogP contribution in [-0.4, -0.2) is 53.8 Å². The SMILES string of the molecule is CCOC(CSSSSCC(OCC)[SiH](CC)CC)[SiH](CC)CC. The third-order valence-corrected chi connectivity index (χ3v) is 18.8. The van der Waals surface area contributed by atoms with Gasteiger partial charge in [0.25, 0.3) is 0 Å². The van der Waals surface area contributed by atoms with Gasteiger partial charge in [-0.1, -0.05) is 73.5 Å². The van der Waals surface area contributed by atoms with Gasteiger partial charge in [0, 0.05) is 24.7 Å². The minimum absolute atomic E-state index is 0.543. The average molecular weight is 447 g/mol. The average Bonchev–Trinajstić information content (AvgIpc) is 2.59. The van der Waals surface area contributed by atoms with E-state index in [0.717, 1.165) is 24.7 Å². The molecular formula is C16H38O2S4Si2. The van der Waals surface area contributed by atoms with E-state index in [9.17, 15) is 0 Å². The Morgan fingerprint density at radius 1 is 0.625 bits per heavy atom. The zero-order chi connectivity index (χ0) is 18.2. The molecule has 0 saturated carbocycles. The maximum Gasteiger partial charge on any atom is 0.0723 e. The molecule has 0 aliphatic heterocycles. The summed E-state index contributed by atoms with van der Waals surface area (Å²) in [4.78, 5) is 0. The van der Waals surface area contributed by atoms with Gasteiger partial charge in [-0.15, -0.1) is 0 Å². The zero-order valence-corrected chi connectivity index (χ0v) is 22.0. The second kappa shape index (κ2) is 18.1. The van der Waals surface area contributed by atoms with Crippen molar-refractivity contribution in [1.29, 1.82) is 0 Å². The molecule has 0 fully saturated rings. The lowest BCUT2D eigenvalue weighted by molar-refractivity contribution is 0.129. The Morgan fingerprint density at radius 2 is 0.958 bits per heavy atom. The molecule has 0 saturated heterocycles. The van der Waals surface area contributed by atoms with Crippen LogP contribution in [0.5, 0.6) is 0 Å². The van der Waals surface area contributed by atoms with Crippen LogP contribution in [0.2, 0.25) is 24.2 Å². The van der Waals surface area contributed by atoms with E-state index in [2.05, 4.69) is 41.5 Å². The molecule has 0 bridgehead atoms. The first-order valence-corrected chi connectivity index (χ1v) is 19.2. The topological polar surface area (TPSA) is 18.5 Å². The first-order valence-electron chi connectivity index (χ1n) is 9.48. The molecule has 0 spiro atoms. The standard InChI is InChI=1S/C16H38O2S4Si2/c1-7-17-15(23(9-3)10-4)13-19-21-22-20-14-16(18-8-2)24(11-5)12-6/h15-16,23-24H,7-14H2,1-6H3. The smallest absolute Gasteiger partial charge is 0.0723 e. The molecule has 0 rings (SSSR count). The first kappa shape index (κ1) is 25.8. The van der Waals surface area contributed by atoms with Gasteiger partial charge in [-0.25, -0.2) is 0 Å². The van der Waals surface area contributed by atoms with Crippen LogP contribution in [0, 0.1) is 0 Å². The largest absolute Gasteiger partial charge is 0.381 e. The van der Waals surface area contributed by atoms with Crippen molar-refractivity contribution in [3.05, 3.63) is 0 Å². The van der Waals surface area contributed by atoms with Crippen molar-refractivity contribution < 1.29 is 9.47 Å². The van der Waals surface area contributed by atoms with Crippen LogP contribution in [0.1, 0.15) is 41.5 Å². The van der Waals surface area contributed by atoms with Crippen LogP contribution in [-0.2, 0) is 9.47 Å². The Morgan fingerprint density at radius 3 is 1.21 bits per heavy atom. The number of hydrogen-bond donors (Lipinski definition) is 0. The molecule has 0 aromatic rings. The summed E-state index contributed by atoms with van der Waals surface area (Å²) in [6.07, 6.45) is 0. The van der Waals surface area contributed by atoms with Crippen molar-refractivity contribution in [2.75, 3.05) is 24.7 Å². The van der Waals surface area contributed by atoms with Crippen molar-refractivity contribution >= 4 is 58.8 Å². The summed E-state index contributed by atoms with van der Waals surface area (Å²) >= 11 is 0. The zero-order valence-electron chi connectivity index (χ0n) is 16.4. The highest BCUT2D eigenvalue weighted by Gasteiger charge is 2.22. The molecule has 2 unspecified atom stereocenters. The highest BCUT2D eigenvalue weighted by atomic mass is 33.7.